The zero-order valence-corrected chi connectivity index (χ0v) is 10.4. The van der Waals surface area contributed by atoms with Gasteiger partial charge in [-0.15, -0.1) is 0 Å². The molecule has 0 saturated heterocycles. The zero-order valence-electron chi connectivity index (χ0n) is 10.4. The number of rotatable bonds is 4. The number of nitrogens with zero attached hydrogens (tertiary/aromatic N) is 1. The van der Waals surface area contributed by atoms with Gasteiger partial charge in [-0.3, -0.25) is 0 Å². The summed E-state index contributed by atoms with van der Waals surface area (Å²) in [4.78, 5) is 1.94. The molecule has 0 atom stereocenters. The van der Waals surface area contributed by atoms with Crippen molar-refractivity contribution in [2.75, 3.05) is 17.2 Å². The van der Waals surface area contributed by atoms with Gasteiger partial charge in [-0.25, -0.2) is 4.39 Å². The average molecular weight is 244 g/mol. The first-order chi connectivity index (χ1) is 8.72. The van der Waals surface area contributed by atoms with Crippen molar-refractivity contribution in [2.45, 2.75) is 13.5 Å². The number of nitrogen functional groups attached to an aromatic ring is 1. The molecule has 0 amide bonds. The maximum absolute atomic E-state index is 13.9. The predicted molar refractivity (Wildman–Crippen MR) is 74.0 cm³/mol. The number of halogens is 1. The molecule has 0 fully saturated rings. The summed E-state index contributed by atoms with van der Waals surface area (Å²) in [6, 6.07) is 14.8. The predicted octanol–water partition coefficient (Wildman–Crippen LogP) is 3.43. The molecule has 0 aromatic heterocycles. The molecule has 0 spiro atoms. The first-order valence-corrected chi connectivity index (χ1v) is 6.05. The van der Waals surface area contributed by atoms with Crippen LogP contribution in [0.15, 0.2) is 48.5 Å². The minimum Gasteiger partial charge on any atom is -0.397 e. The Morgan fingerprint density at radius 3 is 2.39 bits per heavy atom. The molecule has 0 heterocycles. The van der Waals surface area contributed by atoms with Gasteiger partial charge in [0, 0.05) is 13.1 Å². The highest BCUT2D eigenvalue weighted by atomic mass is 19.1. The summed E-state index contributed by atoms with van der Waals surface area (Å²) in [7, 11) is 0. The molecule has 2 aromatic carbocycles. The van der Waals surface area contributed by atoms with Crippen LogP contribution < -0.4 is 10.6 Å². The smallest absolute Gasteiger partial charge is 0.148 e. The standard InChI is InChI=1S/C15H17FN2/c1-2-18(11-12-7-4-3-5-8-12)15-13(16)9-6-10-14(15)17/h3-10H,2,11,17H2,1H3. The first kappa shape index (κ1) is 12.4. The van der Waals surface area contributed by atoms with E-state index >= 15 is 0 Å². The minimum absolute atomic E-state index is 0.271. The molecule has 0 radical (unpaired) electrons. The van der Waals surface area contributed by atoms with Crippen LogP contribution in [0.3, 0.4) is 0 Å². The van der Waals surface area contributed by atoms with Gasteiger partial charge in [0.05, 0.1) is 11.4 Å². The Balaban J connectivity index is 2.29. The molecule has 0 aliphatic heterocycles. The van der Waals surface area contributed by atoms with Gasteiger partial charge in [-0.2, -0.15) is 0 Å². The van der Waals surface area contributed by atoms with Crippen molar-refractivity contribution in [1.29, 1.82) is 0 Å². The summed E-state index contributed by atoms with van der Waals surface area (Å²) in [5.41, 5.74) is 7.98. The van der Waals surface area contributed by atoms with Gasteiger partial charge in [0.1, 0.15) is 5.82 Å². The Bertz CT molecular complexity index is 491. The molecule has 0 saturated carbocycles. The lowest BCUT2D eigenvalue weighted by Gasteiger charge is -2.25. The van der Waals surface area contributed by atoms with Crippen molar-refractivity contribution in [3.8, 4) is 0 Å². The van der Waals surface area contributed by atoms with Gasteiger partial charge in [0.15, 0.2) is 0 Å². The van der Waals surface area contributed by atoms with Crippen molar-refractivity contribution in [3.05, 3.63) is 59.9 Å². The topological polar surface area (TPSA) is 29.3 Å². The maximum Gasteiger partial charge on any atom is 0.148 e. The van der Waals surface area contributed by atoms with E-state index in [0.29, 0.717) is 24.5 Å². The average Bonchev–Trinajstić information content (AvgIpc) is 2.38. The molecule has 2 rings (SSSR count). The Hall–Kier alpha value is -2.03. The Morgan fingerprint density at radius 2 is 1.78 bits per heavy atom. The van der Waals surface area contributed by atoms with Crippen molar-refractivity contribution in [2.24, 2.45) is 0 Å². The molecule has 2 aromatic rings. The minimum atomic E-state index is -0.271. The third-order valence-corrected chi connectivity index (χ3v) is 2.93. The van der Waals surface area contributed by atoms with Crippen molar-refractivity contribution >= 4 is 11.4 Å². The zero-order chi connectivity index (χ0) is 13.0. The van der Waals surface area contributed by atoms with E-state index in [2.05, 4.69) is 0 Å². The molecule has 3 heteroatoms. The van der Waals surface area contributed by atoms with Gasteiger partial charge in [0.2, 0.25) is 0 Å². The third kappa shape index (κ3) is 2.62. The van der Waals surface area contributed by atoms with Crippen LogP contribution in [0.5, 0.6) is 0 Å². The van der Waals surface area contributed by atoms with E-state index in [0.717, 1.165) is 5.56 Å². The molecular formula is C15H17FN2. The highest BCUT2D eigenvalue weighted by Crippen LogP contribution is 2.27. The second-order valence-electron chi connectivity index (χ2n) is 4.18. The largest absolute Gasteiger partial charge is 0.397 e. The molecule has 0 aliphatic carbocycles. The molecule has 18 heavy (non-hydrogen) atoms. The Labute approximate surface area is 107 Å². The Morgan fingerprint density at radius 1 is 1.06 bits per heavy atom. The van der Waals surface area contributed by atoms with Crippen LogP contribution in [0.1, 0.15) is 12.5 Å². The lowest BCUT2D eigenvalue weighted by Crippen LogP contribution is -2.24. The highest BCUT2D eigenvalue weighted by molar-refractivity contribution is 5.68. The SMILES string of the molecule is CCN(Cc1ccccc1)c1c(N)cccc1F. The van der Waals surface area contributed by atoms with Crippen LogP contribution in [-0.2, 0) is 6.54 Å². The van der Waals surface area contributed by atoms with Crippen LogP contribution >= 0.6 is 0 Å². The number of hydrogen-bond acceptors (Lipinski definition) is 2. The van der Waals surface area contributed by atoms with Gasteiger partial charge in [-0.05, 0) is 24.6 Å². The lowest BCUT2D eigenvalue weighted by molar-refractivity contribution is 0.619. The maximum atomic E-state index is 13.9. The van der Waals surface area contributed by atoms with E-state index < -0.39 is 0 Å². The number of hydrogen-bond donors (Lipinski definition) is 1. The van der Waals surface area contributed by atoms with Crippen LogP contribution in [0.2, 0.25) is 0 Å². The van der Waals surface area contributed by atoms with Crippen LogP contribution in [0.25, 0.3) is 0 Å². The molecule has 2 nitrogen and oxygen atoms in total. The highest BCUT2D eigenvalue weighted by Gasteiger charge is 2.13. The summed E-state index contributed by atoms with van der Waals surface area (Å²) in [5.74, 6) is -0.271. The second-order valence-corrected chi connectivity index (χ2v) is 4.18. The van der Waals surface area contributed by atoms with Crippen molar-refractivity contribution in [1.82, 2.24) is 0 Å². The fourth-order valence-corrected chi connectivity index (χ4v) is 2.02. The van der Waals surface area contributed by atoms with Gasteiger partial charge in [0.25, 0.3) is 0 Å². The van der Waals surface area contributed by atoms with Crippen LogP contribution in [-0.4, -0.2) is 6.54 Å². The molecule has 94 valence electrons. The van der Waals surface area contributed by atoms with Crippen molar-refractivity contribution in [3.63, 3.8) is 0 Å². The van der Waals surface area contributed by atoms with E-state index in [1.807, 2.05) is 42.2 Å². The summed E-state index contributed by atoms with van der Waals surface area (Å²) in [6.07, 6.45) is 0. The van der Waals surface area contributed by atoms with Gasteiger partial charge in [-0.1, -0.05) is 36.4 Å². The van der Waals surface area contributed by atoms with Gasteiger partial charge >= 0.3 is 0 Å². The molecule has 0 unspecified atom stereocenters. The molecule has 2 N–H and O–H groups in total. The van der Waals surface area contributed by atoms with Crippen LogP contribution in [0.4, 0.5) is 15.8 Å². The third-order valence-electron chi connectivity index (χ3n) is 2.93. The molecular weight excluding hydrogens is 227 g/mol. The summed E-state index contributed by atoms with van der Waals surface area (Å²) >= 11 is 0. The van der Waals surface area contributed by atoms with Gasteiger partial charge < -0.3 is 10.6 Å². The number of nitrogens with two attached hydrogens (primary N) is 1. The lowest BCUT2D eigenvalue weighted by atomic mass is 10.1. The number of benzene rings is 2. The summed E-state index contributed by atoms with van der Waals surface area (Å²) < 4.78 is 13.9. The van der Waals surface area contributed by atoms with E-state index in [1.54, 1.807) is 12.1 Å². The molecule has 0 aliphatic rings. The van der Waals surface area contributed by atoms with Crippen LogP contribution in [0, 0.1) is 5.82 Å². The van der Waals surface area contributed by atoms with E-state index in [1.165, 1.54) is 6.07 Å². The monoisotopic (exact) mass is 244 g/mol. The van der Waals surface area contributed by atoms with E-state index in [-0.39, 0.29) is 5.82 Å². The normalized spacial score (nSPS) is 10.3. The van der Waals surface area contributed by atoms with E-state index in [9.17, 15) is 4.39 Å². The molecule has 0 bridgehead atoms. The number of anilines is 2. The summed E-state index contributed by atoms with van der Waals surface area (Å²) in [6.45, 7) is 3.36. The second kappa shape index (κ2) is 5.54. The Kier molecular flexibility index (Phi) is 3.82. The number of para-hydroxylation sites is 1. The summed E-state index contributed by atoms with van der Waals surface area (Å²) in [5, 5.41) is 0. The fraction of sp³-hybridized carbons (Fsp3) is 0.200. The van der Waals surface area contributed by atoms with Crippen molar-refractivity contribution < 1.29 is 4.39 Å². The first-order valence-electron chi connectivity index (χ1n) is 6.05. The van der Waals surface area contributed by atoms with E-state index in [4.69, 9.17) is 5.73 Å². The fourth-order valence-electron chi connectivity index (χ4n) is 2.02. The quantitative estimate of drug-likeness (QED) is 0.835.